The summed E-state index contributed by atoms with van der Waals surface area (Å²) in [6.45, 7) is 0.597. The minimum Gasteiger partial charge on any atom is -0.308 e. The highest BCUT2D eigenvalue weighted by atomic mass is 19.1. The molecule has 2 aliphatic rings. The van der Waals surface area contributed by atoms with Gasteiger partial charge in [-0.3, -0.25) is 0 Å². The summed E-state index contributed by atoms with van der Waals surface area (Å²) < 4.78 is 12.6. The van der Waals surface area contributed by atoms with Crippen molar-refractivity contribution in [1.29, 1.82) is 0 Å². The van der Waals surface area contributed by atoms with Crippen LogP contribution >= 0.6 is 0 Å². The summed E-state index contributed by atoms with van der Waals surface area (Å²) in [5.74, 6) is 0. The molecule has 1 atom stereocenters. The van der Waals surface area contributed by atoms with Crippen molar-refractivity contribution in [2.45, 2.75) is 37.4 Å². The maximum atomic E-state index is 12.6. The summed E-state index contributed by atoms with van der Waals surface area (Å²) in [4.78, 5) is 0. The van der Waals surface area contributed by atoms with Gasteiger partial charge < -0.3 is 5.32 Å². The zero-order valence-electron chi connectivity index (χ0n) is 5.49. The van der Waals surface area contributed by atoms with E-state index in [0.717, 1.165) is 6.42 Å². The van der Waals surface area contributed by atoms with Crippen LogP contribution in [0.1, 0.15) is 25.7 Å². The zero-order valence-corrected chi connectivity index (χ0v) is 5.49. The van der Waals surface area contributed by atoms with Gasteiger partial charge in [0.05, 0.1) is 0 Å². The van der Waals surface area contributed by atoms with Gasteiger partial charge in [0.1, 0.15) is 6.17 Å². The molecule has 1 spiro atoms. The third-order valence-electron chi connectivity index (χ3n) is 2.62. The zero-order chi connectivity index (χ0) is 6.32. The van der Waals surface area contributed by atoms with Gasteiger partial charge in [-0.25, -0.2) is 4.39 Å². The lowest BCUT2D eigenvalue weighted by Crippen LogP contribution is -2.45. The Hall–Kier alpha value is -0.110. The van der Waals surface area contributed by atoms with E-state index in [1.807, 2.05) is 0 Å². The molecule has 0 aromatic heterocycles. The number of rotatable bonds is 0. The standard InChI is InChI=1S/C7H12FN/c8-6-4-7(9-5-6)2-1-3-7/h6,9H,1-5H2. The molecule has 52 valence electrons. The molecule has 2 heteroatoms. The molecular weight excluding hydrogens is 117 g/mol. The van der Waals surface area contributed by atoms with E-state index in [0.29, 0.717) is 6.54 Å². The average Bonchev–Trinajstić information content (AvgIpc) is 2.09. The Balaban J connectivity index is 1.99. The maximum absolute atomic E-state index is 12.6. The van der Waals surface area contributed by atoms with E-state index >= 15 is 0 Å². The van der Waals surface area contributed by atoms with Gasteiger partial charge in [-0.2, -0.15) is 0 Å². The highest BCUT2D eigenvalue weighted by Crippen LogP contribution is 2.39. The van der Waals surface area contributed by atoms with Crippen molar-refractivity contribution < 1.29 is 4.39 Å². The Bertz CT molecular complexity index is 120. The molecule has 1 heterocycles. The summed E-state index contributed by atoms with van der Waals surface area (Å²) >= 11 is 0. The van der Waals surface area contributed by atoms with Crippen LogP contribution in [0.25, 0.3) is 0 Å². The van der Waals surface area contributed by atoms with E-state index in [-0.39, 0.29) is 5.54 Å². The highest BCUT2D eigenvalue weighted by Gasteiger charge is 2.43. The summed E-state index contributed by atoms with van der Waals surface area (Å²) in [6.07, 6.45) is 3.90. The molecule has 2 fully saturated rings. The van der Waals surface area contributed by atoms with Gasteiger partial charge >= 0.3 is 0 Å². The van der Waals surface area contributed by atoms with Gasteiger partial charge in [-0.15, -0.1) is 0 Å². The number of nitrogens with one attached hydrogen (secondary N) is 1. The summed E-state index contributed by atoms with van der Waals surface area (Å²) in [7, 11) is 0. The Labute approximate surface area is 54.6 Å². The molecule has 1 saturated carbocycles. The van der Waals surface area contributed by atoms with Crippen molar-refractivity contribution in [3.8, 4) is 0 Å². The van der Waals surface area contributed by atoms with Crippen LogP contribution in [-0.4, -0.2) is 18.3 Å². The molecule has 0 amide bonds. The molecule has 1 saturated heterocycles. The monoisotopic (exact) mass is 129 g/mol. The van der Waals surface area contributed by atoms with Gasteiger partial charge in [0.15, 0.2) is 0 Å². The molecular formula is C7H12FN. The third kappa shape index (κ3) is 0.767. The van der Waals surface area contributed by atoms with Crippen molar-refractivity contribution in [2.75, 3.05) is 6.54 Å². The third-order valence-corrected chi connectivity index (χ3v) is 2.62. The predicted molar refractivity (Wildman–Crippen MR) is 34.1 cm³/mol. The fourth-order valence-corrected chi connectivity index (χ4v) is 1.88. The first kappa shape index (κ1) is 5.66. The lowest BCUT2D eigenvalue weighted by Gasteiger charge is -2.38. The van der Waals surface area contributed by atoms with E-state index in [1.54, 1.807) is 0 Å². The minimum atomic E-state index is -0.565. The van der Waals surface area contributed by atoms with Crippen molar-refractivity contribution in [1.82, 2.24) is 5.32 Å². The fraction of sp³-hybridized carbons (Fsp3) is 1.00. The smallest absolute Gasteiger partial charge is 0.114 e. The second-order valence-corrected chi connectivity index (χ2v) is 3.32. The van der Waals surface area contributed by atoms with Crippen LogP contribution in [0.15, 0.2) is 0 Å². The minimum absolute atomic E-state index is 0.263. The molecule has 1 aliphatic heterocycles. The maximum Gasteiger partial charge on any atom is 0.114 e. The van der Waals surface area contributed by atoms with Crippen molar-refractivity contribution >= 4 is 0 Å². The molecule has 0 aromatic rings. The molecule has 0 aromatic carbocycles. The Morgan fingerprint density at radius 2 is 2.22 bits per heavy atom. The van der Waals surface area contributed by atoms with Crippen LogP contribution in [0.5, 0.6) is 0 Å². The summed E-state index contributed by atoms with van der Waals surface area (Å²) in [5.41, 5.74) is 0.263. The molecule has 0 bridgehead atoms. The van der Waals surface area contributed by atoms with Crippen molar-refractivity contribution in [3.05, 3.63) is 0 Å². The highest BCUT2D eigenvalue weighted by molar-refractivity contribution is 5.02. The molecule has 2 rings (SSSR count). The lowest BCUT2D eigenvalue weighted by atomic mass is 9.76. The van der Waals surface area contributed by atoms with E-state index in [9.17, 15) is 4.39 Å². The number of halogens is 1. The molecule has 9 heavy (non-hydrogen) atoms. The van der Waals surface area contributed by atoms with Gasteiger partial charge in [0, 0.05) is 12.1 Å². The normalized spacial score (nSPS) is 39.0. The lowest BCUT2D eigenvalue weighted by molar-refractivity contribution is 0.202. The van der Waals surface area contributed by atoms with E-state index in [4.69, 9.17) is 0 Å². The Morgan fingerprint density at radius 1 is 1.44 bits per heavy atom. The van der Waals surface area contributed by atoms with Gasteiger partial charge in [-0.1, -0.05) is 0 Å². The van der Waals surface area contributed by atoms with Crippen LogP contribution < -0.4 is 5.32 Å². The topological polar surface area (TPSA) is 12.0 Å². The molecule has 1 nitrogen and oxygen atoms in total. The first-order chi connectivity index (χ1) is 4.31. The number of hydrogen-bond acceptors (Lipinski definition) is 1. The average molecular weight is 129 g/mol. The largest absolute Gasteiger partial charge is 0.308 e. The van der Waals surface area contributed by atoms with E-state index < -0.39 is 6.17 Å². The molecule has 1 unspecified atom stereocenters. The second kappa shape index (κ2) is 1.69. The van der Waals surface area contributed by atoms with Gasteiger partial charge in [0.2, 0.25) is 0 Å². The van der Waals surface area contributed by atoms with Crippen molar-refractivity contribution in [2.24, 2.45) is 0 Å². The molecule has 0 radical (unpaired) electrons. The summed E-state index contributed by atoms with van der Waals surface area (Å²) in [6, 6.07) is 0. The van der Waals surface area contributed by atoms with E-state index in [1.165, 1.54) is 19.3 Å². The van der Waals surface area contributed by atoms with Gasteiger partial charge in [-0.05, 0) is 25.7 Å². The van der Waals surface area contributed by atoms with Crippen LogP contribution in [-0.2, 0) is 0 Å². The summed E-state index contributed by atoms with van der Waals surface area (Å²) in [5, 5.41) is 3.24. The van der Waals surface area contributed by atoms with Crippen molar-refractivity contribution in [3.63, 3.8) is 0 Å². The number of alkyl halides is 1. The molecule has 1 aliphatic carbocycles. The second-order valence-electron chi connectivity index (χ2n) is 3.32. The first-order valence-corrected chi connectivity index (χ1v) is 3.70. The fourth-order valence-electron chi connectivity index (χ4n) is 1.88. The van der Waals surface area contributed by atoms with Crippen LogP contribution in [0.2, 0.25) is 0 Å². The quantitative estimate of drug-likeness (QED) is 0.519. The van der Waals surface area contributed by atoms with E-state index in [2.05, 4.69) is 5.32 Å². The van der Waals surface area contributed by atoms with Crippen LogP contribution in [0.3, 0.4) is 0 Å². The van der Waals surface area contributed by atoms with Crippen LogP contribution in [0, 0.1) is 0 Å². The van der Waals surface area contributed by atoms with Gasteiger partial charge in [0.25, 0.3) is 0 Å². The molecule has 1 N–H and O–H groups in total. The number of hydrogen-bond donors (Lipinski definition) is 1. The predicted octanol–water partition coefficient (Wildman–Crippen LogP) is 1.24. The van der Waals surface area contributed by atoms with Crippen LogP contribution in [0.4, 0.5) is 4.39 Å². The Morgan fingerprint density at radius 3 is 2.44 bits per heavy atom. The first-order valence-electron chi connectivity index (χ1n) is 3.70. The Kier molecular flexibility index (Phi) is 1.06. The SMILES string of the molecule is FC1CNC2(CCC2)C1.